The van der Waals surface area contributed by atoms with Gasteiger partial charge in [-0.1, -0.05) is 41.6 Å². The van der Waals surface area contributed by atoms with E-state index in [2.05, 4.69) is 16.4 Å². The van der Waals surface area contributed by atoms with E-state index in [0.717, 1.165) is 11.1 Å². The van der Waals surface area contributed by atoms with E-state index in [4.69, 9.17) is 21.1 Å². The van der Waals surface area contributed by atoms with Crippen LogP contribution < -0.4 is 14.8 Å². The first-order valence-corrected chi connectivity index (χ1v) is 10.4. The SMILES string of the molecule is N#Cc1ccc(-c2ccc3c(c2)OCO3)nc1SCC(=O)NCc1ccccc1Cl. The molecule has 2 heterocycles. The topological polar surface area (TPSA) is 84.2 Å². The summed E-state index contributed by atoms with van der Waals surface area (Å²) in [7, 11) is 0. The van der Waals surface area contributed by atoms with Gasteiger partial charge in [0.1, 0.15) is 11.1 Å². The lowest BCUT2D eigenvalue weighted by Crippen LogP contribution is -2.24. The minimum atomic E-state index is -0.168. The molecule has 1 aliphatic rings. The third-order valence-electron chi connectivity index (χ3n) is 4.42. The Morgan fingerprint density at radius 2 is 2.00 bits per heavy atom. The number of rotatable bonds is 6. The standard InChI is InChI=1S/C22H16ClN3O3S/c23-17-4-2-1-3-16(17)11-25-21(27)12-30-22-15(10-24)5-7-18(26-22)14-6-8-19-20(9-14)29-13-28-19/h1-9H,11-13H2,(H,25,27). The van der Waals surface area contributed by atoms with Crippen molar-refractivity contribution in [1.29, 1.82) is 5.26 Å². The molecule has 0 fully saturated rings. The highest BCUT2D eigenvalue weighted by molar-refractivity contribution is 8.00. The third kappa shape index (κ3) is 4.51. The monoisotopic (exact) mass is 437 g/mol. The first kappa shape index (κ1) is 20.1. The number of amides is 1. The van der Waals surface area contributed by atoms with Crippen LogP contribution in [0.15, 0.2) is 59.6 Å². The molecule has 1 N–H and O–H groups in total. The number of carbonyl (C=O) groups excluding carboxylic acids is 1. The van der Waals surface area contributed by atoms with Crippen LogP contribution in [0.3, 0.4) is 0 Å². The zero-order valence-electron chi connectivity index (χ0n) is 15.7. The van der Waals surface area contributed by atoms with E-state index in [1.54, 1.807) is 18.2 Å². The number of carbonyl (C=O) groups is 1. The van der Waals surface area contributed by atoms with Crippen LogP contribution >= 0.6 is 23.4 Å². The molecule has 150 valence electrons. The number of nitriles is 1. The highest BCUT2D eigenvalue weighted by Crippen LogP contribution is 2.36. The molecule has 0 unspecified atom stereocenters. The Hall–Kier alpha value is -3.21. The van der Waals surface area contributed by atoms with Gasteiger partial charge in [-0.05, 0) is 42.0 Å². The molecular formula is C22H16ClN3O3S. The minimum absolute atomic E-state index is 0.136. The average Bonchev–Trinajstić information content (AvgIpc) is 3.25. The fraction of sp³-hybridized carbons (Fsp3) is 0.136. The molecule has 0 saturated carbocycles. The first-order chi connectivity index (χ1) is 14.6. The summed E-state index contributed by atoms with van der Waals surface area (Å²) in [5.74, 6) is 1.32. The van der Waals surface area contributed by atoms with E-state index in [-0.39, 0.29) is 18.5 Å². The lowest BCUT2D eigenvalue weighted by atomic mass is 10.1. The number of pyridine rings is 1. The van der Waals surface area contributed by atoms with Crippen molar-refractivity contribution in [3.63, 3.8) is 0 Å². The molecular weight excluding hydrogens is 422 g/mol. The molecule has 0 saturated heterocycles. The number of thioether (sulfide) groups is 1. The van der Waals surface area contributed by atoms with E-state index in [1.807, 2.05) is 36.4 Å². The van der Waals surface area contributed by atoms with Crippen molar-refractivity contribution >= 4 is 29.3 Å². The predicted molar refractivity (Wildman–Crippen MR) is 115 cm³/mol. The van der Waals surface area contributed by atoms with Crippen molar-refractivity contribution in [1.82, 2.24) is 10.3 Å². The number of halogens is 1. The highest BCUT2D eigenvalue weighted by atomic mass is 35.5. The first-order valence-electron chi connectivity index (χ1n) is 9.08. The van der Waals surface area contributed by atoms with Gasteiger partial charge in [-0.2, -0.15) is 5.26 Å². The lowest BCUT2D eigenvalue weighted by Gasteiger charge is -2.09. The molecule has 1 aromatic heterocycles. The molecule has 1 aliphatic heterocycles. The van der Waals surface area contributed by atoms with Crippen LogP contribution in [0.4, 0.5) is 0 Å². The van der Waals surface area contributed by atoms with Crippen LogP contribution in [0.1, 0.15) is 11.1 Å². The number of aromatic nitrogens is 1. The Morgan fingerprint density at radius 3 is 2.83 bits per heavy atom. The molecule has 3 aromatic rings. The molecule has 8 heteroatoms. The second-order valence-electron chi connectivity index (χ2n) is 6.39. The Balaban J connectivity index is 1.44. The summed E-state index contributed by atoms with van der Waals surface area (Å²) in [4.78, 5) is 16.9. The fourth-order valence-electron chi connectivity index (χ4n) is 2.87. The second kappa shape index (κ2) is 9.08. The molecule has 30 heavy (non-hydrogen) atoms. The van der Waals surface area contributed by atoms with Gasteiger partial charge in [0.15, 0.2) is 11.5 Å². The number of benzene rings is 2. The van der Waals surface area contributed by atoms with Crippen LogP contribution in [0.25, 0.3) is 11.3 Å². The van der Waals surface area contributed by atoms with Gasteiger partial charge in [-0.3, -0.25) is 4.79 Å². The van der Waals surface area contributed by atoms with Crippen LogP contribution in [0, 0.1) is 11.3 Å². The van der Waals surface area contributed by atoms with Crippen LogP contribution in [-0.4, -0.2) is 23.4 Å². The van der Waals surface area contributed by atoms with E-state index in [1.165, 1.54) is 11.8 Å². The summed E-state index contributed by atoms with van der Waals surface area (Å²) in [6, 6.07) is 18.5. The summed E-state index contributed by atoms with van der Waals surface area (Å²) >= 11 is 7.33. The van der Waals surface area contributed by atoms with E-state index >= 15 is 0 Å². The van der Waals surface area contributed by atoms with Crippen molar-refractivity contribution < 1.29 is 14.3 Å². The Labute approximate surface area is 182 Å². The van der Waals surface area contributed by atoms with Gasteiger partial charge in [0.25, 0.3) is 0 Å². The summed E-state index contributed by atoms with van der Waals surface area (Å²) in [6.45, 7) is 0.541. The molecule has 0 radical (unpaired) electrons. The summed E-state index contributed by atoms with van der Waals surface area (Å²) in [6.07, 6.45) is 0. The van der Waals surface area contributed by atoms with E-state index in [9.17, 15) is 10.1 Å². The summed E-state index contributed by atoms with van der Waals surface area (Å²) in [5, 5.41) is 13.3. The number of hydrogen-bond donors (Lipinski definition) is 1. The number of nitrogens with one attached hydrogen (secondary N) is 1. The Morgan fingerprint density at radius 1 is 1.17 bits per heavy atom. The Kier molecular flexibility index (Phi) is 6.07. The smallest absolute Gasteiger partial charge is 0.231 e. The fourth-order valence-corrected chi connectivity index (χ4v) is 3.88. The van der Waals surface area contributed by atoms with Crippen molar-refractivity contribution in [2.24, 2.45) is 0 Å². The zero-order valence-corrected chi connectivity index (χ0v) is 17.3. The maximum Gasteiger partial charge on any atom is 0.231 e. The van der Waals surface area contributed by atoms with Crippen LogP contribution in [0.2, 0.25) is 5.02 Å². The van der Waals surface area contributed by atoms with Crippen molar-refractivity contribution in [2.45, 2.75) is 11.6 Å². The molecule has 0 aliphatic carbocycles. The zero-order chi connectivity index (χ0) is 20.9. The van der Waals surface area contributed by atoms with Crippen molar-refractivity contribution in [3.8, 4) is 28.8 Å². The molecule has 0 atom stereocenters. The van der Waals surface area contributed by atoms with Gasteiger partial charge in [-0.25, -0.2) is 4.98 Å². The minimum Gasteiger partial charge on any atom is -0.454 e. The number of nitrogens with zero attached hydrogens (tertiary/aromatic N) is 2. The number of hydrogen-bond acceptors (Lipinski definition) is 6. The van der Waals surface area contributed by atoms with Crippen LogP contribution in [0.5, 0.6) is 11.5 Å². The summed E-state index contributed by atoms with van der Waals surface area (Å²) < 4.78 is 10.8. The number of ether oxygens (including phenoxy) is 2. The molecule has 0 spiro atoms. The van der Waals surface area contributed by atoms with E-state index < -0.39 is 0 Å². The van der Waals surface area contributed by atoms with Crippen molar-refractivity contribution in [2.75, 3.05) is 12.5 Å². The lowest BCUT2D eigenvalue weighted by molar-refractivity contribution is -0.118. The van der Waals surface area contributed by atoms with Gasteiger partial charge < -0.3 is 14.8 Å². The molecule has 6 nitrogen and oxygen atoms in total. The van der Waals surface area contributed by atoms with Gasteiger partial charge >= 0.3 is 0 Å². The summed E-state index contributed by atoms with van der Waals surface area (Å²) in [5.41, 5.74) is 2.79. The van der Waals surface area contributed by atoms with Crippen molar-refractivity contribution in [3.05, 3.63) is 70.7 Å². The Bertz CT molecular complexity index is 1150. The maximum atomic E-state index is 12.3. The third-order valence-corrected chi connectivity index (χ3v) is 5.78. The normalized spacial score (nSPS) is 11.7. The van der Waals surface area contributed by atoms with Gasteiger partial charge in [0.05, 0.1) is 17.0 Å². The molecule has 4 rings (SSSR count). The largest absolute Gasteiger partial charge is 0.454 e. The van der Waals surface area contributed by atoms with Crippen LogP contribution in [-0.2, 0) is 11.3 Å². The maximum absolute atomic E-state index is 12.3. The second-order valence-corrected chi connectivity index (χ2v) is 7.76. The predicted octanol–water partition coefficient (Wildman–Crippen LogP) is 4.41. The van der Waals surface area contributed by atoms with Gasteiger partial charge in [0.2, 0.25) is 12.7 Å². The molecule has 1 amide bonds. The average molecular weight is 438 g/mol. The number of fused-ring (bicyclic) bond motifs is 1. The van der Waals surface area contributed by atoms with Gasteiger partial charge in [0, 0.05) is 17.1 Å². The highest BCUT2D eigenvalue weighted by Gasteiger charge is 2.16. The molecule has 2 aromatic carbocycles. The quantitative estimate of drug-likeness (QED) is 0.575. The van der Waals surface area contributed by atoms with Gasteiger partial charge in [-0.15, -0.1) is 0 Å². The molecule has 0 bridgehead atoms. The van der Waals surface area contributed by atoms with E-state index in [0.29, 0.717) is 39.3 Å².